The molecule has 4 rings (SSSR count). The molecule has 0 N–H and O–H groups in total. The van der Waals surface area contributed by atoms with Gasteiger partial charge in [-0.2, -0.15) is 5.10 Å². The highest BCUT2D eigenvalue weighted by atomic mass is 31.2. The van der Waals surface area contributed by atoms with Gasteiger partial charge in [0.25, 0.3) is 0 Å². The lowest BCUT2D eigenvalue weighted by molar-refractivity contribution is 0.275. The van der Waals surface area contributed by atoms with Gasteiger partial charge in [0, 0.05) is 55.6 Å². The first-order valence-corrected chi connectivity index (χ1v) is 10.7. The van der Waals surface area contributed by atoms with Crippen LogP contribution in [-0.4, -0.2) is 29.0 Å². The topological polar surface area (TPSA) is 83.3 Å². The lowest BCUT2D eigenvalue weighted by Gasteiger charge is -2.13. The van der Waals surface area contributed by atoms with E-state index < -0.39 is 7.60 Å². The number of aryl methyl sites for hydroxylation is 1. The van der Waals surface area contributed by atoms with Crippen LogP contribution >= 0.6 is 7.60 Å². The van der Waals surface area contributed by atoms with E-state index in [2.05, 4.69) is 10.1 Å². The summed E-state index contributed by atoms with van der Waals surface area (Å²) in [6.45, 7) is 0. The van der Waals surface area contributed by atoms with Crippen LogP contribution in [0.15, 0.2) is 59.8 Å². The van der Waals surface area contributed by atoms with Gasteiger partial charge in [0.1, 0.15) is 0 Å². The third-order valence-corrected chi connectivity index (χ3v) is 6.78. The minimum atomic E-state index is -3.23. The lowest BCUT2D eigenvalue weighted by atomic mass is 10.1. The second kappa shape index (κ2) is 7.52. The molecule has 0 spiro atoms. The summed E-state index contributed by atoms with van der Waals surface area (Å²) in [4.78, 5) is 17.8. The average molecular weight is 409 g/mol. The number of fused-ring (bicyclic) bond motifs is 2. The second-order valence-electron chi connectivity index (χ2n) is 6.78. The summed E-state index contributed by atoms with van der Waals surface area (Å²) in [6.07, 6.45) is 5.44. The molecule has 0 aliphatic carbocycles. The van der Waals surface area contributed by atoms with Gasteiger partial charge < -0.3 is 9.05 Å². The van der Waals surface area contributed by atoms with Crippen molar-refractivity contribution >= 4 is 29.3 Å². The summed E-state index contributed by atoms with van der Waals surface area (Å²) in [5, 5.41) is 6.01. The van der Waals surface area contributed by atoms with Gasteiger partial charge in [-0.1, -0.05) is 18.2 Å². The van der Waals surface area contributed by atoms with Crippen molar-refractivity contribution in [2.24, 2.45) is 7.05 Å². The quantitative estimate of drug-likeness (QED) is 0.461. The van der Waals surface area contributed by atoms with E-state index >= 15 is 0 Å². The van der Waals surface area contributed by atoms with Crippen molar-refractivity contribution in [2.75, 3.05) is 14.2 Å². The van der Waals surface area contributed by atoms with Gasteiger partial charge in [0.15, 0.2) is 5.43 Å². The number of nitrogens with zero attached hydrogens (tertiary/aromatic N) is 3. The summed E-state index contributed by atoms with van der Waals surface area (Å²) >= 11 is 0. The smallest absolute Gasteiger partial charge is 0.312 e. The monoisotopic (exact) mass is 409 g/mol. The van der Waals surface area contributed by atoms with Crippen molar-refractivity contribution in [2.45, 2.75) is 6.16 Å². The lowest BCUT2D eigenvalue weighted by Crippen LogP contribution is -2.01. The average Bonchev–Trinajstić information content (AvgIpc) is 3.12. The summed E-state index contributed by atoms with van der Waals surface area (Å²) in [6, 6.07) is 10.9. The zero-order valence-electron chi connectivity index (χ0n) is 16.3. The van der Waals surface area contributed by atoms with E-state index in [4.69, 9.17) is 9.05 Å². The Morgan fingerprint density at radius 2 is 1.76 bits per heavy atom. The van der Waals surface area contributed by atoms with Gasteiger partial charge in [0.2, 0.25) is 0 Å². The zero-order chi connectivity index (χ0) is 20.6. The Labute approximate surface area is 167 Å². The van der Waals surface area contributed by atoms with Crippen LogP contribution in [0, 0.1) is 0 Å². The van der Waals surface area contributed by atoms with E-state index in [0.717, 1.165) is 16.5 Å². The molecular formula is C21H20N3O4P. The maximum absolute atomic E-state index is 13.3. The molecule has 0 fully saturated rings. The Balaban J connectivity index is 1.91. The van der Waals surface area contributed by atoms with Gasteiger partial charge >= 0.3 is 7.60 Å². The number of pyridine rings is 1. The maximum atomic E-state index is 13.3. The minimum absolute atomic E-state index is 0.0884. The number of hydrogen-bond donors (Lipinski definition) is 0. The van der Waals surface area contributed by atoms with Crippen molar-refractivity contribution < 1.29 is 13.6 Å². The molecule has 0 aliphatic rings. The Hall–Kier alpha value is -2.86. The molecule has 0 amide bonds. The fraction of sp³-hybridized carbons (Fsp3) is 0.190. The molecule has 2 heterocycles. The van der Waals surface area contributed by atoms with Crippen LogP contribution in [0.5, 0.6) is 0 Å². The van der Waals surface area contributed by atoms with E-state index in [0.29, 0.717) is 21.9 Å². The molecule has 2 aromatic heterocycles. The highest BCUT2D eigenvalue weighted by Gasteiger charge is 2.21. The molecular weight excluding hydrogens is 389 g/mol. The molecule has 7 nitrogen and oxygen atoms in total. The number of rotatable bonds is 5. The van der Waals surface area contributed by atoms with Gasteiger partial charge in [0.05, 0.1) is 17.9 Å². The molecule has 148 valence electrons. The Kier molecular flexibility index (Phi) is 5.04. The van der Waals surface area contributed by atoms with Crippen LogP contribution in [0.4, 0.5) is 0 Å². The SMILES string of the molecule is COP(=O)(Cc1ccc2ccc3ncc(-c4cnn(C)c4)cc3c(=O)c2c1)OC. The van der Waals surface area contributed by atoms with E-state index in [-0.39, 0.29) is 11.6 Å². The van der Waals surface area contributed by atoms with E-state index in [1.54, 1.807) is 23.1 Å². The van der Waals surface area contributed by atoms with Gasteiger partial charge in [-0.05, 0) is 29.1 Å². The third kappa shape index (κ3) is 3.72. The second-order valence-corrected chi connectivity index (χ2v) is 9.05. The molecule has 2 aromatic carbocycles. The predicted molar refractivity (Wildman–Crippen MR) is 113 cm³/mol. The highest BCUT2D eigenvalue weighted by Crippen LogP contribution is 2.49. The predicted octanol–water partition coefficient (Wildman–Crippen LogP) is 4.13. The van der Waals surface area contributed by atoms with Crippen molar-refractivity contribution in [3.63, 3.8) is 0 Å². The minimum Gasteiger partial charge on any atom is -0.312 e. The molecule has 0 bridgehead atoms. The normalized spacial score (nSPS) is 12.0. The maximum Gasteiger partial charge on any atom is 0.334 e. The van der Waals surface area contributed by atoms with Crippen molar-refractivity contribution in [3.8, 4) is 11.1 Å². The number of aromatic nitrogens is 3. The Bertz CT molecular complexity index is 1320. The molecule has 4 aromatic rings. The number of hydrogen-bond acceptors (Lipinski definition) is 6. The fourth-order valence-corrected chi connectivity index (χ4v) is 4.35. The van der Waals surface area contributed by atoms with Crippen LogP contribution in [0.25, 0.3) is 32.8 Å². The van der Waals surface area contributed by atoms with E-state index in [9.17, 15) is 9.36 Å². The van der Waals surface area contributed by atoms with Crippen LogP contribution in [0.1, 0.15) is 5.56 Å². The summed E-state index contributed by atoms with van der Waals surface area (Å²) in [7, 11) is 1.31. The van der Waals surface area contributed by atoms with Crippen LogP contribution in [0.2, 0.25) is 0 Å². The molecule has 0 unspecified atom stereocenters. The largest absolute Gasteiger partial charge is 0.334 e. The van der Waals surface area contributed by atoms with Crippen LogP contribution < -0.4 is 5.43 Å². The van der Waals surface area contributed by atoms with Gasteiger partial charge in [-0.25, -0.2) is 0 Å². The molecule has 0 atom stereocenters. The van der Waals surface area contributed by atoms with Crippen LogP contribution in [-0.2, 0) is 26.8 Å². The van der Waals surface area contributed by atoms with Crippen LogP contribution in [0.3, 0.4) is 0 Å². The summed E-state index contributed by atoms with van der Waals surface area (Å²) in [5.41, 5.74) is 2.89. The third-order valence-electron chi connectivity index (χ3n) is 4.92. The van der Waals surface area contributed by atoms with Crippen molar-refractivity contribution in [3.05, 3.63) is 70.8 Å². The van der Waals surface area contributed by atoms with Crippen molar-refractivity contribution in [1.82, 2.24) is 14.8 Å². The standard InChI is InChI=1S/C21H20N3O4P/c1-24-12-17(11-23-24)16-9-19-20(22-10-16)7-6-15-5-4-14(8-18(15)21(19)25)13-29(26,27-2)28-3/h4-12H,13H2,1-3H3. The fourth-order valence-electron chi connectivity index (χ4n) is 3.30. The first kappa shape index (κ1) is 19.5. The molecule has 8 heteroatoms. The number of benzene rings is 1. The Morgan fingerprint density at radius 3 is 2.45 bits per heavy atom. The van der Waals surface area contributed by atoms with Gasteiger partial charge in [-0.3, -0.25) is 19.0 Å². The first-order valence-electron chi connectivity index (χ1n) is 8.98. The summed E-state index contributed by atoms with van der Waals surface area (Å²) in [5.74, 6) is 0. The molecule has 0 radical (unpaired) electrons. The molecule has 0 saturated carbocycles. The van der Waals surface area contributed by atoms with E-state index in [1.165, 1.54) is 14.2 Å². The highest BCUT2D eigenvalue weighted by molar-refractivity contribution is 7.52. The molecule has 0 aliphatic heterocycles. The Morgan fingerprint density at radius 1 is 1.00 bits per heavy atom. The molecule has 29 heavy (non-hydrogen) atoms. The zero-order valence-corrected chi connectivity index (χ0v) is 17.2. The van der Waals surface area contributed by atoms with E-state index in [1.807, 2.05) is 43.6 Å². The van der Waals surface area contributed by atoms with Crippen molar-refractivity contribution in [1.29, 1.82) is 0 Å². The first-order chi connectivity index (χ1) is 13.9. The summed E-state index contributed by atoms with van der Waals surface area (Å²) < 4.78 is 24.2. The molecule has 0 saturated heterocycles. The van der Waals surface area contributed by atoms with Gasteiger partial charge in [-0.15, -0.1) is 0 Å².